The average molecular weight is 1380 g/mol. The summed E-state index contributed by atoms with van der Waals surface area (Å²) >= 11 is 0. The number of ether oxygens (including phenoxy) is 4. The Kier molecular flexibility index (Phi) is 66.8. The van der Waals surface area contributed by atoms with Gasteiger partial charge in [0.2, 0.25) is 0 Å². The van der Waals surface area contributed by atoms with Gasteiger partial charge < -0.3 is 33.8 Å². The first-order chi connectivity index (χ1) is 45.5. The van der Waals surface area contributed by atoms with Crippen molar-refractivity contribution in [2.24, 2.45) is 5.92 Å². The zero-order chi connectivity index (χ0) is 69.1. The van der Waals surface area contributed by atoms with Crippen LogP contribution in [0.2, 0.25) is 0 Å². The van der Waals surface area contributed by atoms with Crippen LogP contribution >= 0.6 is 15.6 Å². The standard InChI is InChI=1S/C75H146O17P2/c1-6-9-12-15-18-21-23-25-27-28-29-30-31-33-35-40-45-50-55-60-74(79)92-71(65-86-73(78)59-54-49-44-39-34-32-26-24-22-19-16-13-10-7-2)67-90-94(83,84)88-63-69(76)62-87-93(81,82)89-66-70(64-85-72(77)58-53-48-43-20-17-14-11-8-3)91-75(80)61-56-51-46-41-37-36-38-42-47-52-57-68(4)5/h68-71,76H,6-67H2,1-5H3,(H,81,82)(H,83,84)/t69-,70+,71+/m0/s1. The first-order valence-electron chi connectivity index (χ1n) is 39.1. The van der Waals surface area contributed by atoms with Crippen LogP contribution in [0.5, 0.6) is 0 Å². The molecule has 0 saturated heterocycles. The molecule has 0 fully saturated rings. The van der Waals surface area contributed by atoms with Gasteiger partial charge in [0.05, 0.1) is 26.4 Å². The third kappa shape index (κ3) is 68.6. The second kappa shape index (κ2) is 68.2. The van der Waals surface area contributed by atoms with Crippen LogP contribution in [0.3, 0.4) is 0 Å². The van der Waals surface area contributed by atoms with Crippen molar-refractivity contribution in [3.63, 3.8) is 0 Å². The third-order valence-corrected chi connectivity index (χ3v) is 19.4. The Labute approximate surface area is 575 Å². The van der Waals surface area contributed by atoms with Crippen molar-refractivity contribution in [3.05, 3.63) is 0 Å². The summed E-state index contributed by atoms with van der Waals surface area (Å²) in [4.78, 5) is 72.7. The maximum atomic E-state index is 13.1. The summed E-state index contributed by atoms with van der Waals surface area (Å²) in [7, 11) is -9.90. The molecule has 0 aromatic rings. The van der Waals surface area contributed by atoms with Crippen LogP contribution < -0.4 is 0 Å². The third-order valence-electron chi connectivity index (χ3n) is 17.5. The topological polar surface area (TPSA) is 237 Å². The number of phosphoric acid groups is 2. The molecule has 2 unspecified atom stereocenters. The molecule has 0 aliphatic rings. The molecule has 0 saturated carbocycles. The number of aliphatic hydroxyl groups is 1. The molecule has 558 valence electrons. The number of hydrogen-bond acceptors (Lipinski definition) is 15. The summed E-state index contributed by atoms with van der Waals surface area (Å²) in [6.07, 6.45) is 56.9. The number of phosphoric ester groups is 2. The smallest absolute Gasteiger partial charge is 0.462 e. The minimum absolute atomic E-state index is 0.106. The lowest BCUT2D eigenvalue weighted by Gasteiger charge is -2.21. The number of carbonyl (C=O) groups is 4. The van der Waals surface area contributed by atoms with Crippen LogP contribution in [-0.4, -0.2) is 96.7 Å². The lowest BCUT2D eigenvalue weighted by molar-refractivity contribution is -0.161. The molecule has 0 spiro atoms. The minimum Gasteiger partial charge on any atom is -0.462 e. The van der Waals surface area contributed by atoms with E-state index < -0.39 is 97.5 Å². The Bertz CT molecular complexity index is 1810. The van der Waals surface area contributed by atoms with E-state index >= 15 is 0 Å². The molecule has 19 heteroatoms. The van der Waals surface area contributed by atoms with E-state index in [0.29, 0.717) is 25.7 Å². The number of carbonyl (C=O) groups excluding carboxylic acids is 4. The normalized spacial score (nSPS) is 14.0. The van der Waals surface area contributed by atoms with Crippen LogP contribution in [-0.2, 0) is 65.4 Å². The first-order valence-corrected chi connectivity index (χ1v) is 42.1. The van der Waals surface area contributed by atoms with Crippen molar-refractivity contribution < 1.29 is 80.2 Å². The summed E-state index contributed by atoms with van der Waals surface area (Å²) in [5.74, 6) is -1.36. The number of rotatable bonds is 75. The van der Waals surface area contributed by atoms with Gasteiger partial charge in [-0.1, -0.05) is 343 Å². The summed E-state index contributed by atoms with van der Waals surface area (Å²) in [6, 6.07) is 0. The minimum atomic E-state index is -4.95. The van der Waals surface area contributed by atoms with E-state index in [1.54, 1.807) is 0 Å². The Morgan fingerprint density at radius 2 is 0.489 bits per heavy atom. The van der Waals surface area contributed by atoms with Crippen molar-refractivity contribution in [3.8, 4) is 0 Å². The quantitative estimate of drug-likeness (QED) is 0.0222. The highest BCUT2D eigenvalue weighted by Gasteiger charge is 2.30. The number of aliphatic hydroxyl groups excluding tert-OH is 1. The Hall–Kier alpha value is -1.94. The molecule has 0 heterocycles. The Morgan fingerprint density at radius 3 is 0.723 bits per heavy atom. The Morgan fingerprint density at radius 1 is 0.287 bits per heavy atom. The van der Waals surface area contributed by atoms with Crippen molar-refractivity contribution in [1.82, 2.24) is 0 Å². The molecule has 0 radical (unpaired) electrons. The molecular formula is C75H146O17P2. The van der Waals surface area contributed by atoms with Crippen LogP contribution in [0.1, 0.15) is 394 Å². The molecule has 5 atom stereocenters. The van der Waals surface area contributed by atoms with E-state index in [1.165, 1.54) is 212 Å². The van der Waals surface area contributed by atoms with Crippen molar-refractivity contribution in [2.75, 3.05) is 39.6 Å². The van der Waals surface area contributed by atoms with Gasteiger partial charge in [-0.3, -0.25) is 37.3 Å². The zero-order valence-corrected chi connectivity index (χ0v) is 62.9. The number of hydrogen-bond donors (Lipinski definition) is 3. The van der Waals surface area contributed by atoms with E-state index in [9.17, 15) is 43.2 Å². The highest BCUT2D eigenvalue weighted by molar-refractivity contribution is 7.47. The van der Waals surface area contributed by atoms with Crippen LogP contribution in [0.4, 0.5) is 0 Å². The van der Waals surface area contributed by atoms with E-state index in [4.69, 9.17) is 37.0 Å². The van der Waals surface area contributed by atoms with Crippen LogP contribution in [0.25, 0.3) is 0 Å². The highest BCUT2D eigenvalue weighted by atomic mass is 31.2. The van der Waals surface area contributed by atoms with Crippen molar-refractivity contribution in [2.45, 2.75) is 412 Å². The zero-order valence-electron chi connectivity index (χ0n) is 61.1. The highest BCUT2D eigenvalue weighted by Crippen LogP contribution is 2.45. The molecule has 0 amide bonds. The monoisotopic (exact) mass is 1380 g/mol. The van der Waals surface area contributed by atoms with Crippen molar-refractivity contribution in [1.29, 1.82) is 0 Å². The number of unbranched alkanes of at least 4 members (excludes halogenated alkanes) is 47. The van der Waals surface area contributed by atoms with E-state index in [2.05, 4.69) is 34.6 Å². The van der Waals surface area contributed by atoms with Crippen LogP contribution in [0.15, 0.2) is 0 Å². The lowest BCUT2D eigenvalue weighted by Crippen LogP contribution is -2.30. The second-order valence-electron chi connectivity index (χ2n) is 27.5. The van der Waals surface area contributed by atoms with Gasteiger partial charge >= 0.3 is 39.5 Å². The van der Waals surface area contributed by atoms with Gasteiger partial charge in [-0.25, -0.2) is 9.13 Å². The molecule has 0 rings (SSSR count). The Balaban J connectivity index is 5.20. The maximum absolute atomic E-state index is 13.1. The van der Waals surface area contributed by atoms with Gasteiger partial charge in [-0.15, -0.1) is 0 Å². The lowest BCUT2D eigenvalue weighted by atomic mass is 10.0. The summed E-state index contributed by atoms with van der Waals surface area (Å²) in [5, 5.41) is 10.6. The largest absolute Gasteiger partial charge is 0.472 e. The predicted octanol–water partition coefficient (Wildman–Crippen LogP) is 22.1. The molecule has 0 aliphatic carbocycles. The van der Waals surface area contributed by atoms with E-state index in [0.717, 1.165) is 102 Å². The van der Waals surface area contributed by atoms with Crippen molar-refractivity contribution >= 4 is 39.5 Å². The van der Waals surface area contributed by atoms with Gasteiger partial charge in [-0.2, -0.15) is 0 Å². The van der Waals surface area contributed by atoms with Gasteiger partial charge in [0.25, 0.3) is 0 Å². The molecule has 94 heavy (non-hydrogen) atoms. The predicted molar refractivity (Wildman–Crippen MR) is 382 cm³/mol. The van der Waals surface area contributed by atoms with E-state index in [1.807, 2.05) is 0 Å². The molecular weight excluding hydrogens is 1230 g/mol. The second-order valence-corrected chi connectivity index (χ2v) is 30.4. The summed E-state index contributed by atoms with van der Waals surface area (Å²) in [6.45, 7) is 7.25. The van der Waals surface area contributed by atoms with Gasteiger partial charge in [0.1, 0.15) is 19.3 Å². The molecule has 0 aromatic carbocycles. The maximum Gasteiger partial charge on any atom is 0.472 e. The van der Waals surface area contributed by atoms with Crippen LogP contribution in [0, 0.1) is 5.92 Å². The first kappa shape index (κ1) is 92.1. The molecule has 0 aliphatic heterocycles. The fourth-order valence-electron chi connectivity index (χ4n) is 11.5. The SMILES string of the molecule is CCCCCCCCCCCCCCCCCCCCCC(=O)O[C@H](COC(=O)CCCCCCCCCCCCCCCC)COP(=O)(O)OC[C@@H](O)COP(=O)(O)OC[C@@H](COC(=O)CCCCCCCCCC)OC(=O)CCCCCCCCCCCCC(C)C. The fraction of sp³-hybridized carbons (Fsp3) is 0.947. The molecule has 0 aromatic heterocycles. The van der Waals surface area contributed by atoms with Gasteiger partial charge in [-0.05, 0) is 31.6 Å². The fourth-order valence-corrected chi connectivity index (χ4v) is 13.1. The van der Waals surface area contributed by atoms with Gasteiger partial charge in [0.15, 0.2) is 12.2 Å². The summed E-state index contributed by atoms with van der Waals surface area (Å²) in [5.41, 5.74) is 0. The summed E-state index contributed by atoms with van der Waals surface area (Å²) < 4.78 is 68.4. The molecule has 0 bridgehead atoms. The number of esters is 4. The van der Waals surface area contributed by atoms with Gasteiger partial charge in [0, 0.05) is 25.7 Å². The van der Waals surface area contributed by atoms with E-state index in [-0.39, 0.29) is 25.7 Å². The average Bonchev–Trinajstić information content (AvgIpc) is 1.24. The molecule has 17 nitrogen and oxygen atoms in total. The molecule has 3 N–H and O–H groups in total.